The maximum absolute atomic E-state index is 12.2. The van der Waals surface area contributed by atoms with Gasteiger partial charge < -0.3 is 15.4 Å². The van der Waals surface area contributed by atoms with Crippen molar-refractivity contribution in [3.05, 3.63) is 35.4 Å². The maximum atomic E-state index is 12.2. The number of para-hydroxylation sites is 2. The number of ether oxygens (including phenoxy) is 1. The van der Waals surface area contributed by atoms with Gasteiger partial charge in [0, 0.05) is 18.7 Å². The number of alkyl halides is 2. The lowest BCUT2D eigenvalue weighted by Gasteiger charge is -2.21. The highest BCUT2D eigenvalue weighted by atomic mass is 19.3. The molecule has 0 aromatic heterocycles. The number of carbonyl (C=O) groups excluding carboxylic acids is 1. The Balaban J connectivity index is 2.12. The summed E-state index contributed by atoms with van der Waals surface area (Å²) in [6, 6.07) is 6.11. The molecule has 0 bridgehead atoms. The number of anilines is 1. The summed E-state index contributed by atoms with van der Waals surface area (Å²) in [5.41, 5.74) is 1.86. The van der Waals surface area contributed by atoms with E-state index in [1.54, 1.807) is 19.1 Å². The Morgan fingerprint density at radius 1 is 1.37 bits per heavy atom. The molecule has 0 radical (unpaired) electrons. The molecular weight excluding hydrogens is 254 g/mol. The summed E-state index contributed by atoms with van der Waals surface area (Å²) in [5, 5.41) is 5.62. The minimum absolute atomic E-state index is 0.0459. The van der Waals surface area contributed by atoms with Crippen molar-refractivity contribution in [1.82, 2.24) is 5.32 Å². The first-order valence-electron chi connectivity index (χ1n) is 5.82. The van der Waals surface area contributed by atoms with Crippen molar-refractivity contribution in [1.29, 1.82) is 0 Å². The predicted octanol–water partition coefficient (Wildman–Crippen LogP) is 2.15. The fourth-order valence-electron chi connectivity index (χ4n) is 1.66. The number of hydrogen-bond donors (Lipinski definition) is 2. The standard InChI is InChI=1S/C13H14F2N2O2/c1-8(9-6-16-7-9)12(18)17-10-4-2-3-5-11(10)19-13(14)15/h2-5,13,16H,6-7H2,1H3,(H,17,18). The van der Waals surface area contributed by atoms with Crippen LogP contribution >= 0.6 is 0 Å². The first-order valence-corrected chi connectivity index (χ1v) is 5.82. The van der Waals surface area contributed by atoms with Crippen molar-refractivity contribution in [3.8, 4) is 5.75 Å². The van der Waals surface area contributed by atoms with Crippen LogP contribution in [0.25, 0.3) is 0 Å². The van der Waals surface area contributed by atoms with E-state index in [0.717, 1.165) is 5.57 Å². The van der Waals surface area contributed by atoms with Crippen molar-refractivity contribution in [2.75, 3.05) is 18.4 Å². The van der Waals surface area contributed by atoms with Gasteiger partial charge >= 0.3 is 6.61 Å². The number of rotatable bonds is 4. The van der Waals surface area contributed by atoms with Gasteiger partial charge in [0.15, 0.2) is 0 Å². The molecule has 1 saturated heterocycles. The number of halogens is 2. The van der Waals surface area contributed by atoms with Crippen molar-refractivity contribution < 1.29 is 18.3 Å². The van der Waals surface area contributed by atoms with E-state index in [1.807, 2.05) is 0 Å². The van der Waals surface area contributed by atoms with Gasteiger partial charge in [-0.2, -0.15) is 8.78 Å². The highest BCUT2D eigenvalue weighted by molar-refractivity contribution is 6.04. The number of carbonyl (C=O) groups is 1. The zero-order valence-corrected chi connectivity index (χ0v) is 10.4. The van der Waals surface area contributed by atoms with Crippen LogP contribution in [0, 0.1) is 0 Å². The second-order valence-electron chi connectivity index (χ2n) is 4.16. The Labute approximate surface area is 109 Å². The van der Waals surface area contributed by atoms with Crippen LogP contribution in [-0.4, -0.2) is 25.6 Å². The van der Waals surface area contributed by atoms with Crippen molar-refractivity contribution >= 4 is 11.6 Å². The molecule has 102 valence electrons. The molecule has 1 aromatic carbocycles. The van der Waals surface area contributed by atoms with Gasteiger partial charge in [-0.1, -0.05) is 12.1 Å². The highest BCUT2D eigenvalue weighted by Gasteiger charge is 2.17. The summed E-state index contributed by atoms with van der Waals surface area (Å²) >= 11 is 0. The summed E-state index contributed by atoms with van der Waals surface area (Å²) < 4.78 is 28.8. The summed E-state index contributed by atoms with van der Waals surface area (Å²) in [5.74, 6) is -0.350. The molecule has 1 aliphatic heterocycles. The third kappa shape index (κ3) is 3.29. The number of nitrogens with one attached hydrogen (secondary N) is 2. The number of amides is 1. The van der Waals surface area contributed by atoms with Crippen LogP contribution in [0.5, 0.6) is 5.75 Å². The lowest BCUT2D eigenvalue weighted by Crippen LogP contribution is -2.36. The third-order valence-electron chi connectivity index (χ3n) is 2.90. The minimum atomic E-state index is -2.92. The molecule has 0 aliphatic carbocycles. The molecular formula is C13H14F2N2O2. The van der Waals surface area contributed by atoms with E-state index >= 15 is 0 Å². The molecule has 4 nitrogen and oxygen atoms in total. The van der Waals surface area contributed by atoms with E-state index in [-0.39, 0.29) is 17.3 Å². The molecule has 0 saturated carbocycles. The summed E-state index contributed by atoms with van der Waals surface area (Å²) in [6.07, 6.45) is 0. The molecule has 0 unspecified atom stereocenters. The molecule has 19 heavy (non-hydrogen) atoms. The van der Waals surface area contributed by atoms with Crippen molar-refractivity contribution in [2.45, 2.75) is 13.5 Å². The quantitative estimate of drug-likeness (QED) is 0.823. The van der Waals surface area contributed by atoms with Gasteiger partial charge in [0.05, 0.1) is 5.69 Å². The monoisotopic (exact) mass is 268 g/mol. The zero-order chi connectivity index (χ0) is 13.8. The Kier molecular flexibility index (Phi) is 4.11. The van der Waals surface area contributed by atoms with Gasteiger partial charge in [-0.25, -0.2) is 0 Å². The lowest BCUT2D eigenvalue weighted by molar-refractivity contribution is -0.113. The molecule has 1 aromatic rings. The van der Waals surface area contributed by atoms with E-state index in [2.05, 4.69) is 15.4 Å². The normalized spacial score (nSPS) is 14.0. The van der Waals surface area contributed by atoms with Gasteiger partial charge in [-0.05, 0) is 24.6 Å². The average molecular weight is 268 g/mol. The fourth-order valence-corrected chi connectivity index (χ4v) is 1.66. The smallest absolute Gasteiger partial charge is 0.387 e. The molecule has 0 atom stereocenters. The molecule has 1 heterocycles. The Bertz CT molecular complexity index is 509. The van der Waals surface area contributed by atoms with E-state index in [1.165, 1.54) is 12.1 Å². The largest absolute Gasteiger partial charge is 0.433 e. The van der Waals surface area contributed by atoms with Crippen LogP contribution in [-0.2, 0) is 4.79 Å². The summed E-state index contributed by atoms with van der Waals surface area (Å²) in [4.78, 5) is 11.9. The molecule has 2 rings (SSSR count). The minimum Gasteiger partial charge on any atom is -0.433 e. The first kappa shape index (κ1) is 13.5. The fraction of sp³-hybridized carbons (Fsp3) is 0.308. The second kappa shape index (κ2) is 5.79. The molecule has 0 spiro atoms. The highest BCUT2D eigenvalue weighted by Crippen LogP contribution is 2.26. The molecule has 1 aliphatic rings. The van der Waals surface area contributed by atoms with Gasteiger partial charge in [-0.15, -0.1) is 0 Å². The van der Waals surface area contributed by atoms with Crippen LogP contribution < -0.4 is 15.4 Å². The SMILES string of the molecule is CC(C(=O)Nc1ccccc1OC(F)F)=C1CNC1. The van der Waals surface area contributed by atoms with Crippen molar-refractivity contribution in [2.24, 2.45) is 0 Å². The van der Waals surface area contributed by atoms with E-state index in [4.69, 9.17) is 0 Å². The van der Waals surface area contributed by atoms with Gasteiger partial charge in [-0.3, -0.25) is 4.79 Å². The molecule has 1 fully saturated rings. The maximum Gasteiger partial charge on any atom is 0.387 e. The third-order valence-corrected chi connectivity index (χ3v) is 2.90. The number of benzene rings is 1. The van der Waals surface area contributed by atoms with Crippen LogP contribution in [0.2, 0.25) is 0 Å². The zero-order valence-electron chi connectivity index (χ0n) is 10.4. The van der Waals surface area contributed by atoms with E-state index in [0.29, 0.717) is 18.7 Å². The van der Waals surface area contributed by atoms with E-state index in [9.17, 15) is 13.6 Å². The predicted molar refractivity (Wildman–Crippen MR) is 67.3 cm³/mol. The summed E-state index contributed by atoms with van der Waals surface area (Å²) in [7, 11) is 0. The Hall–Kier alpha value is -1.95. The van der Waals surface area contributed by atoms with Crippen LogP contribution in [0.4, 0.5) is 14.5 Å². The average Bonchev–Trinajstić information content (AvgIpc) is 2.28. The topological polar surface area (TPSA) is 50.4 Å². The van der Waals surface area contributed by atoms with Crippen LogP contribution in [0.3, 0.4) is 0 Å². The lowest BCUT2D eigenvalue weighted by atomic mass is 10.0. The number of hydrogen-bond acceptors (Lipinski definition) is 3. The van der Waals surface area contributed by atoms with Gasteiger partial charge in [0.25, 0.3) is 5.91 Å². The molecule has 1 amide bonds. The Morgan fingerprint density at radius 2 is 2.05 bits per heavy atom. The van der Waals surface area contributed by atoms with Crippen LogP contribution in [0.15, 0.2) is 35.4 Å². The summed E-state index contributed by atoms with van der Waals surface area (Å²) in [6.45, 7) is 0.165. The van der Waals surface area contributed by atoms with Crippen molar-refractivity contribution in [3.63, 3.8) is 0 Å². The van der Waals surface area contributed by atoms with Crippen LogP contribution in [0.1, 0.15) is 6.92 Å². The molecule has 6 heteroatoms. The first-order chi connectivity index (χ1) is 9.08. The van der Waals surface area contributed by atoms with E-state index < -0.39 is 6.61 Å². The molecule has 2 N–H and O–H groups in total. The Morgan fingerprint density at radius 3 is 2.63 bits per heavy atom. The van der Waals surface area contributed by atoms with Gasteiger partial charge in [0.2, 0.25) is 0 Å². The van der Waals surface area contributed by atoms with Gasteiger partial charge in [0.1, 0.15) is 5.75 Å². The second-order valence-corrected chi connectivity index (χ2v) is 4.16.